The molecule has 1 aliphatic heterocycles. The van der Waals surface area contributed by atoms with Crippen molar-refractivity contribution in [3.63, 3.8) is 0 Å². The number of rotatable bonds is 11. The van der Waals surface area contributed by atoms with Crippen molar-refractivity contribution in [2.24, 2.45) is 4.99 Å². The molecule has 0 radical (unpaired) electrons. The van der Waals surface area contributed by atoms with Crippen LogP contribution in [-0.2, 0) is 6.54 Å². The van der Waals surface area contributed by atoms with Crippen LogP contribution in [0.1, 0.15) is 45.1 Å². The fraction of sp³-hybridized carbons (Fsp3) is 0.696. The molecule has 1 heterocycles. The quantitative estimate of drug-likeness (QED) is 0.338. The number of likely N-dealkylation sites (tertiary alicyclic amines) is 1. The van der Waals surface area contributed by atoms with Gasteiger partial charge in [0.25, 0.3) is 0 Å². The molecule has 0 atom stereocenters. The molecule has 2 N–H and O–H groups in total. The highest BCUT2D eigenvalue weighted by Gasteiger charge is 2.19. The van der Waals surface area contributed by atoms with Crippen molar-refractivity contribution in [3.05, 3.63) is 29.8 Å². The van der Waals surface area contributed by atoms with Gasteiger partial charge in [-0.15, -0.1) is 0 Å². The van der Waals surface area contributed by atoms with Crippen LogP contribution in [0, 0.1) is 0 Å². The number of hydrogen-bond donors (Lipinski definition) is 2. The molecular weight excluding hydrogens is 362 g/mol. The third kappa shape index (κ3) is 9.50. The van der Waals surface area contributed by atoms with Gasteiger partial charge in [-0.3, -0.25) is 0 Å². The topological polar surface area (TPSA) is 52.1 Å². The van der Waals surface area contributed by atoms with E-state index in [-0.39, 0.29) is 0 Å². The second-order valence-corrected chi connectivity index (χ2v) is 8.10. The summed E-state index contributed by atoms with van der Waals surface area (Å²) in [4.78, 5) is 9.53. The second-order valence-electron chi connectivity index (χ2n) is 8.10. The zero-order valence-corrected chi connectivity index (χ0v) is 18.9. The van der Waals surface area contributed by atoms with Crippen LogP contribution in [-0.4, -0.2) is 75.2 Å². The molecule has 1 aromatic rings. The van der Waals surface area contributed by atoms with Crippen molar-refractivity contribution in [3.8, 4) is 5.75 Å². The molecule has 1 saturated heterocycles. The van der Waals surface area contributed by atoms with Crippen LogP contribution < -0.4 is 15.4 Å². The largest absolute Gasteiger partial charge is 0.494 e. The van der Waals surface area contributed by atoms with Gasteiger partial charge in [0.1, 0.15) is 5.75 Å². The minimum absolute atomic E-state index is 0.513. The summed E-state index contributed by atoms with van der Waals surface area (Å²) in [7, 11) is 4.17. The van der Waals surface area contributed by atoms with Gasteiger partial charge < -0.3 is 25.2 Å². The standard InChI is InChI=1S/C23H41N5O/c1-5-14-28-16-12-21(13-17-28)26-23(24-6-2)25-19-20-8-10-22(11-9-20)29-18-7-15-27(3)4/h8-11,21H,5-7,12-19H2,1-4H3,(H2,24,25,26). The minimum Gasteiger partial charge on any atom is -0.494 e. The molecule has 29 heavy (non-hydrogen) atoms. The van der Waals surface area contributed by atoms with Crippen LogP contribution in [0.3, 0.4) is 0 Å². The number of guanidine groups is 1. The van der Waals surface area contributed by atoms with E-state index in [2.05, 4.69) is 60.5 Å². The van der Waals surface area contributed by atoms with Gasteiger partial charge in [0.05, 0.1) is 13.2 Å². The predicted octanol–water partition coefficient (Wildman–Crippen LogP) is 2.95. The smallest absolute Gasteiger partial charge is 0.191 e. The van der Waals surface area contributed by atoms with Gasteiger partial charge in [-0.05, 0) is 70.9 Å². The average Bonchev–Trinajstić information content (AvgIpc) is 2.72. The van der Waals surface area contributed by atoms with Crippen LogP contribution >= 0.6 is 0 Å². The number of hydrogen-bond acceptors (Lipinski definition) is 4. The molecule has 0 unspecified atom stereocenters. The lowest BCUT2D eigenvalue weighted by Crippen LogP contribution is -2.48. The van der Waals surface area contributed by atoms with Gasteiger partial charge in [0, 0.05) is 32.2 Å². The summed E-state index contributed by atoms with van der Waals surface area (Å²) in [5, 5.41) is 7.02. The summed E-state index contributed by atoms with van der Waals surface area (Å²) in [5.41, 5.74) is 1.20. The molecule has 0 bridgehead atoms. The Bertz CT molecular complexity index is 579. The Kier molecular flexibility index (Phi) is 10.9. The normalized spacial score (nSPS) is 16.2. The van der Waals surface area contributed by atoms with Gasteiger partial charge in [-0.25, -0.2) is 4.99 Å². The van der Waals surface area contributed by atoms with E-state index in [4.69, 9.17) is 9.73 Å². The summed E-state index contributed by atoms with van der Waals surface area (Å²) >= 11 is 0. The van der Waals surface area contributed by atoms with E-state index in [0.29, 0.717) is 12.6 Å². The number of aliphatic imine (C=N–C) groups is 1. The second kappa shape index (κ2) is 13.4. The van der Waals surface area contributed by atoms with Crippen molar-refractivity contribution in [2.45, 2.75) is 52.1 Å². The first-order valence-electron chi connectivity index (χ1n) is 11.2. The van der Waals surface area contributed by atoms with Crippen LogP contribution in [0.5, 0.6) is 5.75 Å². The third-order valence-corrected chi connectivity index (χ3v) is 5.17. The molecule has 164 valence electrons. The summed E-state index contributed by atoms with van der Waals surface area (Å²) in [5.74, 6) is 1.85. The monoisotopic (exact) mass is 403 g/mol. The molecule has 0 aliphatic carbocycles. The summed E-state index contributed by atoms with van der Waals surface area (Å²) < 4.78 is 5.81. The van der Waals surface area contributed by atoms with Crippen molar-refractivity contribution in [1.82, 2.24) is 20.4 Å². The van der Waals surface area contributed by atoms with Crippen molar-refractivity contribution in [2.75, 3.05) is 53.4 Å². The highest BCUT2D eigenvalue weighted by atomic mass is 16.5. The number of piperidine rings is 1. The molecular formula is C23H41N5O. The first-order valence-corrected chi connectivity index (χ1v) is 11.2. The maximum atomic E-state index is 5.81. The number of nitrogens with zero attached hydrogens (tertiary/aromatic N) is 3. The average molecular weight is 404 g/mol. The maximum Gasteiger partial charge on any atom is 0.191 e. The highest BCUT2D eigenvalue weighted by molar-refractivity contribution is 5.80. The predicted molar refractivity (Wildman–Crippen MR) is 123 cm³/mol. The summed E-state index contributed by atoms with van der Waals surface area (Å²) in [6.07, 6.45) is 4.64. The molecule has 1 fully saturated rings. The van der Waals surface area contributed by atoms with E-state index >= 15 is 0 Å². The van der Waals surface area contributed by atoms with Crippen molar-refractivity contribution >= 4 is 5.96 Å². The Labute approximate surface area is 177 Å². The van der Waals surface area contributed by atoms with E-state index < -0.39 is 0 Å². The molecule has 0 saturated carbocycles. The molecule has 0 spiro atoms. The zero-order chi connectivity index (χ0) is 20.9. The van der Waals surface area contributed by atoms with Gasteiger partial charge in [0.15, 0.2) is 5.96 Å². The summed E-state index contributed by atoms with van der Waals surface area (Å²) in [6, 6.07) is 8.82. The Balaban J connectivity index is 1.78. The van der Waals surface area contributed by atoms with Gasteiger partial charge in [-0.2, -0.15) is 0 Å². The lowest BCUT2D eigenvalue weighted by Gasteiger charge is -2.32. The van der Waals surface area contributed by atoms with Gasteiger partial charge in [0.2, 0.25) is 0 Å². The Morgan fingerprint density at radius 1 is 1.17 bits per heavy atom. The van der Waals surface area contributed by atoms with E-state index in [1.165, 1.54) is 44.5 Å². The fourth-order valence-corrected chi connectivity index (χ4v) is 3.56. The van der Waals surface area contributed by atoms with Gasteiger partial charge in [-0.1, -0.05) is 19.1 Å². The Morgan fingerprint density at radius 2 is 1.90 bits per heavy atom. The molecule has 6 nitrogen and oxygen atoms in total. The van der Waals surface area contributed by atoms with Crippen LogP contribution in [0.2, 0.25) is 0 Å². The molecule has 1 aliphatic rings. The Hall–Kier alpha value is -1.79. The first kappa shape index (κ1) is 23.5. The first-order chi connectivity index (χ1) is 14.1. The summed E-state index contributed by atoms with van der Waals surface area (Å²) in [6.45, 7) is 11.3. The van der Waals surface area contributed by atoms with Crippen LogP contribution in [0.25, 0.3) is 0 Å². The minimum atomic E-state index is 0.513. The number of nitrogens with one attached hydrogen (secondary N) is 2. The number of benzene rings is 1. The molecule has 2 rings (SSSR count). The van der Waals surface area contributed by atoms with Crippen LogP contribution in [0.15, 0.2) is 29.3 Å². The Morgan fingerprint density at radius 3 is 2.52 bits per heavy atom. The van der Waals surface area contributed by atoms with E-state index in [0.717, 1.165) is 37.8 Å². The van der Waals surface area contributed by atoms with E-state index in [1.54, 1.807) is 0 Å². The van der Waals surface area contributed by atoms with E-state index in [9.17, 15) is 0 Å². The molecule has 0 aromatic heterocycles. The van der Waals surface area contributed by atoms with Crippen LogP contribution in [0.4, 0.5) is 0 Å². The molecule has 6 heteroatoms. The maximum absolute atomic E-state index is 5.81. The third-order valence-electron chi connectivity index (χ3n) is 5.17. The molecule has 0 amide bonds. The van der Waals surface area contributed by atoms with Crippen molar-refractivity contribution in [1.29, 1.82) is 0 Å². The lowest BCUT2D eigenvalue weighted by atomic mass is 10.1. The van der Waals surface area contributed by atoms with Gasteiger partial charge >= 0.3 is 0 Å². The van der Waals surface area contributed by atoms with Crippen molar-refractivity contribution < 1.29 is 4.74 Å². The lowest BCUT2D eigenvalue weighted by molar-refractivity contribution is 0.206. The zero-order valence-electron chi connectivity index (χ0n) is 18.9. The fourth-order valence-electron chi connectivity index (χ4n) is 3.56. The van der Waals surface area contributed by atoms with E-state index in [1.807, 2.05) is 12.1 Å². The molecule has 1 aromatic carbocycles. The SMILES string of the molecule is CCCN1CCC(NC(=NCc2ccc(OCCCN(C)C)cc2)NCC)CC1. The number of ether oxygens (including phenoxy) is 1. The highest BCUT2D eigenvalue weighted by Crippen LogP contribution is 2.14.